The molecule has 0 radical (unpaired) electrons. The minimum absolute atomic E-state index is 0.240. The molecule has 2 amide bonds. The number of rotatable bonds is 8. The van der Waals surface area contributed by atoms with Gasteiger partial charge in [0.15, 0.2) is 23.0 Å². The summed E-state index contributed by atoms with van der Waals surface area (Å²) >= 11 is 0. The summed E-state index contributed by atoms with van der Waals surface area (Å²) < 4.78 is 26.5. The van der Waals surface area contributed by atoms with E-state index in [1.54, 1.807) is 42.5 Å². The van der Waals surface area contributed by atoms with E-state index < -0.39 is 11.9 Å². The van der Waals surface area contributed by atoms with Crippen LogP contribution in [0.3, 0.4) is 0 Å². The lowest BCUT2D eigenvalue weighted by atomic mass is 10.00. The molecule has 0 N–H and O–H groups in total. The van der Waals surface area contributed by atoms with Crippen LogP contribution in [-0.2, 0) is 14.4 Å². The number of carbonyl (C=O) groups is 3. The first-order valence-corrected chi connectivity index (χ1v) is 11.2. The van der Waals surface area contributed by atoms with Crippen molar-refractivity contribution in [3.05, 3.63) is 53.1 Å². The Morgan fingerprint density at radius 3 is 2.08 bits per heavy atom. The van der Waals surface area contributed by atoms with Gasteiger partial charge in [0.1, 0.15) is 0 Å². The van der Waals surface area contributed by atoms with E-state index in [2.05, 4.69) is 0 Å². The average Bonchev–Trinajstić information content (AvgIpc) is 2.87. The molecular formula is C27H29NO8. The van der Waals surface area contributed by atoms with Crippen LogP contribution in [0.1, 0.15) is 30.9 Å². The Hall–Kier alpha value is -4.27. The minimum Gasteiger partial charge on any atom is -0.493 e. The maximum Gasteiger partial charge on any atom is 0.308 e. The molecule has 1 aliphatic heterocycles. The highest BCUT2D eigenvalue weighted by Crippen LogP contribution is 2.39. The second kappa shape index (κ2) is 11.9. The summed E-state index contributed by atoms with van der Waals surface area (Å²) in [6.45, 7) is 1.60. The van der Waals surface area contributed by atoms with Crippen molar-refractivity contribution < 1.29 is 38.1 Å². The van der Waals surface area contributed by atoms with Gasteiger partial charge in [-0.25, -0.2) is 0 Å². The van der Waals surface area contributed by atoms with Gasteiger partial charge >= 0.3 is 5.97 Å². The second-order valence-electron chi connectivity index (χ2n) is 7.86. The minimum atomic E-state index is -0.490. The summed E-state index contributed by atoms with van der Waals surface area (Å²) in [5.41, 5.74) is 1.80. The Bertz CT molecular complexity index is 1190. The largest absolute Gasteiger partial charge is 0.493 e. The Kier molecular flexibility index (Phi) is 8.72. The Morgan fingerprint density at radius 2 is 1.50 bits per heavy atom. The Labute approximate surface area is 209 Å². The molecule has 9 nitrogen and oxygen atoms in total. The maximum atomic E-state index is 13.1. The number of piperidine rings is 1. The van der Waals surface area contributed by atoms with Gasteiger partial charge in [0.05, 0.1) is 28.4 Å². The third-order valence-corrected chi connectivity index (χ3v) is 5.50. The zero-order chi connectivity index (χ0) is 26.2. The predicted molar refractivity (Wildman–Crippen MR) is 133 cm³/mol. The number of methoxy groups -OCH3 is 4. The van der Waals surface area contributed by atoms with E-state index in [-0.39, 0.29) is 11.7 Å². The van der Waals surface area contributed by atoms with Crippen LogP contribution in [0.15, 0.2) is 42.0 Å². The molecule has 1 heterocycles. The zero-order valence-corrected chi connectivity index (χ0v) is 21.0. The fourth-order valence-corrected chi connectivity index (χ4v) is 3.83. The first kappa shape index (κ1) is 26.3. The summed E-state index contributed by atoms with van der Waals surface area (Å²) in [5, 5.41) is 0. The quantitative estimate of drug-likeness (QED) is 0.309. The van der Waals surface area contributed by atoms with Gasteiger partial charge in [0.2, 0.25) is 5.75 Å². The molecular weight excluding hydrogens is 466 g/mol. The van der Waals surface area contributed by atoms with Crippen LogP contribution in [0.25, 0.3) is 12.2 Å². The van der Waals surface area contributed by atoms with E-state index in [1.165, 1.54) is 46.3 Å². The summed E-state index contributed by atoms with van der Waals surface area (Å²) in [6, 6.07) is 8.41. The van der Waals surface area contributed by atoms with Crippen molar-refractivity contribution in [2.45, 2.75) is 19.8 Å². The molecule has 190 valence electrons. The van der Waals surface area contributed by atoms with Crippen molar-refractivity contribution in [1.29, 1.82) is 0 Å². The Balaban J connectivity index is 1.81. The fraction of sp³-hybridized carbons (Fsp3) is 0.296. The molecule has 36 heavy (non-hydrogen) atoms. The fourth-order valence-electron chi connectivity index (χ4n) is 3.83. The van der Waals surface area contributed by atoms with E-state index in [0.717, 1.165) is 0 Å². The lowest BCUT2D eigenvalue weighted by Crippen LogP contribution is -2.40. The number of hydrogen-bond donors (Lipinski definition) is 0. The molecule has 2 aromatic rings. The summed E-state index contributed by atoms with van der Waals surface area (Å²) in [4.78, 5) is 38.5. The number of nitrogens with zero attached hydrogens (tertiary/aromatic N) is 1. The van der Waals surface area contributed by atoms with Crippen LogP contribution in [0.2, 0.25) is 0 Å². The third kappa shape index (κ3) is 6.04. The molecule has 0 spiro atoms. The molecule has 2 aromatic carbocycles. The lowest BCUT2D eigenvalue weighted by Gasteiger charge is -2.26. The van der Waals surface area contributed by atoms with E-state index >= 15 is 0 Å². The van der Waals surface area contributed by atoms with Crippen molar-refractivity contribution in [1.82, 2.24) is 4.90 Å². The average molecular weight is 496 g/mol. The lowest BCUT2D eigenvalue weighted by molar-refractivity contribution is -0.140. The highest BCUT2D eigenvalue weighted by Gasteiger charge is 2.27. The second-order valence-corrected chi connectivity index (χ2v) is 7.86. The summed E-state index contributed by atoms with van der Waals surface area (Å²) in [5.74, 6) is 0.724. The SMILES string of the molecule is COc1ccc(/C=C/C(=O)N2CCC/C(=C\c3cc(OC)c(OC)c(OC)c3)C2=O)cc1OC(C)=O. The van der Waals surface area contributed by atoms with Crippen LogP contribution in [0.4, 0.5) is 0 Å². The monoisotopic (exact) mass is 495 g/mol. The number of likely N-dealkylation sites (tertiary alicyclic amines) is 1. The number of amides is 2. The van der Waals surface area contributed by atoms with Gasteiger partial charge in [-0.1, -0.05) is 6.07 Å². The van der Waals surface area contributed by atoms with Crippen molar-refractivity contribution >= 4 is 29.9 Å². The number of benzene rings is 2. The van der Waals surface area contributed by atoms with Crippen LogP contribution in [0.5, 0.6) is 28.7 Å². The third-order valence-electron chi connectivity index (χ3n) is 5.50. The molecule has 9 heteroatoms. The summed E-state index contributed by atoms with van der Waals surface area (Å²) in [7, 11) is 6.02. The van der Waals surface area contributed by atoms with Gasteiger partial charge in [-0.3, -0.25) is 19.3 Å². The van der Waals surface area contributed by atoms with E-state index in [0.29, 0.717) is 59.1 Å². The van der Waals surface area contributed by atoms with Crippen molar-refractivity contribution in [2.75, 3.05) is 35.0 Å². The first-order chi connectivity index (χ1) is 17.3. The van der Waals surface area contributed by atoms with Gasteiger partial charge < -0.3 is 23.7 Å². The van der Waals surface area contributed by atoms with Crippen molar-refractivity contribution in [2.24, 2.45) is 0 Å². The molecule has 0 unspecified atom stereocenters. The molecule has 1 fully saturated rings. The number of imide groups is 1. The predicted octanol–water partition coefficient (Wildman–Crippen LogP) is 3.89. The van der Waals surface area contributed by atoms with E-state index in [1.807, 2.05) is 0 Å². The number of esters is 1. The van der Waals surface area contributed by atoms with Gasteiger partial charge in [0.25, 0.3) is 11.8 Å². The number of hydrogen-bond acceptors (Lipinski definition) is 8. The van der Waals surface area contributed by atoms with Crippen LogP contribution < -0.4 is 23.7 Å². The zero-order valence-electron chi connectivity index (χ0n) is 21.0. The van der Waals surface area contributed by atoms with Crippen molar-refractivity contribution in [3.8, 4) is 28.7 Å². The first-order valence-electron chi connectivity index (χ1n) is 11.2. The van der Waals surface area contributed by atoms with Crippen molar-refractivity contribution in [3.63, 3.8) is 0 Å². The van der Waals surface area contributed by atoms with Gasteiger partial charge in [0, 0.05) is 25.1 Å². The molecule has 0 atom stereocenters. The van der Waals surface area contributed by atoms with Crippen LogP contribution in [-0.4, -0.2) is 57.7 Å². The van der Waals surface area contributed by atoms with Crippen LogP contribution >= 0.6 is 0 Å². The highest BCUT2D eigenvalue weighted by molar-refractivity contribution is 6.11. The molecule has 0 aromatic heterocycles. The topological polar surface area (TPSA) is 101 Å². The molecule has 0 saturated carbocycles. The molecule has 1 aliphatic rings. The molecule has 0 aliphatic carbocycles. The smallest absolute Gasteiger partial charge is 0.308 e. The van der Waals surface area contributed by atoms with Gasteiger partial charge in [-0.05, 0) is 60.4 Å². The van der Waals surface area contributed by atoms with Gasteiger partial charge in [-0.2, -0.15) is 0 Å². The Morgan fingerprint density at radius 1 is 0.861 bits per heavy atom. The highest BCUT2D eigenvalue weighted by atomic mass is 16.6. The van der Waals surface area contributed by atoms with Gasteiger partial charge in [-0.15, -0.1) is 0 Å². The number of ether oxygens (including phenoxy) is 5. The molecule has 3 rings (SSSR count). The van der Waals surface area contributed by atoms with Crippen LogP contribution in [0, 0.1) is 0 Å². The summed E-state index contributed by atoms with van der Waals surface area (Å²) in [6.07, 6.45) is 5.78. The van der Waals surface area contributed by atoms with E-state index in [9.17, 15) is 14.4 Å². The standard InChI is InChI=1S/C27H29NO8/c1-17(29)36-22-14-18(8-10-21(22)32-2)9-11-25(30)28-12-6-7-20(27(28)31)13-19-15-23(33-3)26(35-5)24(16-19)34-4/h8-11,13-16H,6-7,12H2,1-5H3/b11-9+,20-13+. The molecule has 0 bridgehead atoms. The number of carbonyl (C=O) groups excluding carboxylic acids is 3. The normalized spacial score (nSPS) is 14.6. The molecule has 1 saturated heterocycles. The maximum absolute atomic E-state index is 13.1. The van der Waals surface area contributed by atoms with E-state index in [4.69, 9.17) is 23.7 Å².